The fourth-order valence-corrected chi connectivity index (χ4v) is 2.85. The first kappa shape index (κ1) is 16.2. The van der Waals surface area contributed by atoms with Gasteiger partial charge in [0.1, 0.15) is 5.82 Å². The third-order valence-electron chi connectivity index (χ3n) is 4.16. The molecular formula is C18H22N6. The van der Waals surface area contributed by atoms with Crippen LogP contribution in [0, 0.1) is 11.3 Å². The van der Waals surface area contributed by atoms with Crippen LogP contribution in [0.15, 0.2) is 36.5 Å². The highest BCUT2D eigenvalue weighted by Gasteiger charge is 2.18. The molecule has 1 aliphatic heterocycles. The van der Waals surface area contributed by atoms with Crippen LogP contribution in [0.25, 0.3) is 0 Å². The molecule has 24 heavy (non-hydrogen) atoms. The Balaban J connectivity index is 1.55. The van der Waals surface area contributed by atoms with Gasteiger partial charge in [-0.2, -0.15) is 10.2 Å². The highest BCUT2D eigenvalue weighted by molar-refractivity contribution is 5.43. The Kier molecular flexibility index (Phi) is 5.24. The molecule has 1 aromatic heterocycles. The van der Waals surface area contributed by atoms with Crippen molar-refractivity contribution in [3.8, 4) is 6.07 Å². The van der Waals surface area contributed by atoms with Crippen molar-refractivity contribution < 1.29 is 0 Å². The van der Waals surface area contributed by atoms with Crippen molar-refractivity contribution >= 4 is 11.8 Å². The molecule has 2 heterocycles. The molecule has 0 bridgehead atoms. The van der Waals surface area contributed by atoms with Crippen molar-refractivity contribution in [3.63, 3.8) is 0 Å². The molecule has 3 rings (SSSR count). The van der Waals surface area contributed by atoms with Crippen molar-refractivity contribution in [1.29, 1.82) is 5.26 Å². The molecule has 1 aromatic carbocycles. The second-order valence-corrected chi connectivity index (χ2v) is 5.84. The zero-order chi connectivity index (χ0) is 16.8. The van der Waals surface area contributed by atoms with Gasteiger partial charge in [0, 0.05) is 45.5 Å². The molecule has 0 aliphatic carbocycles. The maximum absolute atomic E-state index is 8.86. The van der Waals surface area contributed by atoms with E-state index in [9.17, 15) is 0 Å². The van der Waals surface area contributed by atoms with Crippen LogP contribution in [-0.4, -0.2) is 47.6 Å². The van der Waals surface area contributed by atoms with Crippen molar-refractivity contribution in [2.24, 2.45) is 0 Å². The third-order valence-corrected chi connectivity index (χ3v) is 4.16. The number of piperazine rings is 1. The van der Waals surface area contributed by atoms with Crippen LogP contribution < -0.4 is 10.2 Å². The minimum absolute atomic E-state index is 0.690. The van der Waals surface area contributed by atoms with E-state index in [0.29, 0.717) is 11.5 Å². The summed E-state index contributed by atoms with van der Waals surface area (Å²) in [5.41, 5.74) is 1.96. The van der Waals surface area contributed by atoms with Gasteiger partial charge in [0.2, 0.25) is 5.95 Å². The number of nitrogens with zero attached hydrogens (tertiary/aromatic N) is 5. The number of rotatable bonds is 5. The van der Waals surface area contributed by atoms with E-state index in [2.05, 4.69) is 31.2 Å². The van der Waals surface area contributed by atoms with Crippen LogP contribution in [0.3, 0.4) is 0 Å². The van der Waals surface area contributed by atoms with Gasteiger partial charge in [-0.05, 0) is 30.7 Å². The Morgan fingerprint density at radius 1 is 1.12 bits per heavy atom. The van der Waals surface area contributed by atoms with Gasteiger partial charge in [0.25, 0.3) is 0 Å². The first-order valence-corrected chi connectivity index (χ1v) is 8.31. The normalized spacial score (nSPS) is 15.1. The maximum Gasteiger partial charge on any atom is 0.224 e. The molecular weight excluding hydrogens is 300 g/mol. The molecule has 0 spiro atoms. The Morgan fingerprint density at radius 3 is 2.54 bits per heavy atom. The molecule has 0 radical (unpaired) electrons. The van der Waals surface area contributed by atoms with Gasteiger partial charge in [-0.1, -0.05) is 12.1 Å². The van der Waals surface area contributed by atoms with E-state index < -0.39 is 0 Å². The maximum atomic E-state index is 8.86. The molecule has 124 valence electrons. The first-order valence-electron chi connectivity index (χ1n) is 8.31. The molecule has 0 atom stereocenters. The number of hydrogen-bond donors (Lipinski definition) is 1. The molecule has 6 nitrogen and oxygen atoms in total. The summed E-state index contributed by atoms with van der Waals surface area (Å²) < 4.78 is 0. The van der Waals surface area contributed by atoms with Gasteiger partial charge in [0.05, 0.1) is 11.6 Å². The number of anilines is 2. The van der Waals surface area contributed by atoms with Crippen molar-refractivity contribution in [2.45, 2.75) is 13.5 Å². The molecule has 1 saturated heterocycles. The average molecular weight is 322 g/mol. The zero-order valence-electron chi connectivity index (χ0n) is 13.9. The predicted molar refractivity (Wildman–Crippen MR) is 94.8 cm³/mol. The summed E-state index contributed by atoms with van der Waals surface area (Å²) >= 11 is 0. The fourth-order valence-electron chi connectivity index (χ4n) is 2.85. The lowest BCUT2D eigenvalue weighted by Crippen LogP contribution is -2.46. The zero-order valence-corrected chi connectivity index (χ0v) is 13.9. The van der Waals surface area contributed by atoms with Gasteiger partial charge < -0.3 is 10.2 Å². The summed E-state index contributed by atoms with van der Waals surface area (Å²) in [4.78, 5) is 13.5. The standard InChI is InChI=1S/C18H22N6/c1-2-20-18-21-8-7-17(22-18)24-11-9-23(10-12-24)14-16-5-3-15(13-19)4-6-16/h3-8H,2,9-12,14H2,1H3,(H,20,21,22). The second kappa shape index (κ2) is 7.75. The number of nitriles is 1. The molecule has 0 amide bonds. The van der Waals surface area contributed by atoms with Crippen LogP contribution in [-0.2, 0) is 6.54 Å². The van der Waals surface area contributed by atoms with Gasteiger partial charge in [-0.25, -0.2) is 4.98 Å². The highest BCUT2D eigenvalue weighted by Crippen LogP contribution is 2.16. The minimum Gasteiger partial charge on any atom is -0.354 e. The monoisotopic (exact) mass is 322 g/mol. The highest BCUT2D eigenvalue weighted by atomic mass is 15.3. The van der Waals surface area contributed by atoms with Gasteiger partial charge in [-0.3, -0.25) is 4.90 Å². The summed E-state index contributed by atoms with van der Waals surface area (Å²) in [6.07, 6.45) is 1.81. The van der Waals surface area contributed by atoms with Crippen LogP contribution in [0.1, 0.15) is 18.1 Å². The molecule has 1 aliphatic rings. The predicted octanol–water partition coefficient (Wildman–Crippen LogP) is 2.10. The number of benzene rings is 1. The minimum atomic E-state index is 0.690. The van der Waals surface area contributed by atoms with E-state index in [1.165, 1.54) is 5.56 Å². The Hall–Kier alpha value is -2.65. The molecule has 0 saturated carbocycles. The first-order chi connectivity index (χ1) is 11.8. The summed E-state index contributed by atoms with van der Waals surface area (Å²) in [6, 6.07) is 12.0. The summed E-state index contributed by atoms with van der Waals surface area (Å²) in [5, 5.41) is 12.0. The third kappa shape index (κ3) is 4.00. The molecule has 1 N–H and O–H groups in total. The quantitative estimate of drug-likeness (QED) is 0.909. The van der Waals surface area contributed by atoms with Crippen LogP contribution in [0.2, 0.25) is 0 Å². The van der Waals surface area contributed by atoms with E-state index >= 15 is 0 Å². The topological polar surface area (TPSA) is 68.1 Å². The second-order valence-electron chi connectivity index (χ2n) is 5.84. The largest absolute Gasteiger partial charge is 0.354 e. The smallest absolute Gasteiger partial charge is 0.224 e. The molecule has 0 unspecified atom stereocenters. The summed E-state index contributed by atoms with van der Waals surface area (Å²) in [5.74, 6) is 1.67. The van der Waals surface area contributed by atoms with E-state index in [-0.39, 0.29) is 0 Å². The fraction of sp³-hybridized carbons (Fsp3) is 0.389. The Morgan fingerprint density at radius 2 is 1.88 bits per heavy atom. The number of hydrogen-bond acceptors (Lipinski definition) is 6. The Bertz CT molecular complexity index is 698. The lowest BCUT2D eigenvalue weighted by molar-refractivity contribution is 0.249. The summed E-state index contributed by atoms with van der Waals surface area (Å²) in [7, 11) is 0. The SMILES string of the molecule is CCNc1nccc(N2CCN(Cc3ccc(C#N)cc3)CC2)n1. The summed E-state index contributed by atoms with van der Waals surface area (Å²) in [6.45, 7) is 7.70. The van der Waals surface area contributed by atoms with E-state index in [0.717, 1.165) is 45.1 Å². The van der Waals surface area contributed by atoms with Gasteiger partial charge in [0.15, 0.2) is 0 Å². The van der Waals surface area contributed by atoms with Crippen molar-refractivity contribution in [3.05, 3.63) is 47.7 Å². The molecule has 1 fully saturated rings. The molecule has 6 heteroatoms. The van der Waals surface area contributed by atoms with Crippen LogP contribution in [0.4, 0.5) is 11.8 Å². The number of aromatic nitrogens is 2. The van der Waals surface area contributed by atoms with Gasteiger partial charge >= 0.3 is 0 Å². The van der Waals surface area contributed by atoms with Crippen molar-refractivity contribution in [1.82, 2.24) is 14.9 Å². The number of nitrogens with one attached hydrogen (secondary N) is 1. The van der Waals surface area contributed by atoms with Crippen LogP contribution >= 0.6 is 0 Å². The van der Waals surface area contributed by atoms with E-state index in [4.69, 9.17) is 5.26 Å². The van der Waals surface area contributed by atoms with E-state index in [1.807, 2.05) is 43.5 Å². The Labute approximate surface area is 142 Å². The lowest BCUT2D eigenvalue weighted by Gasteiger charge is -2.35. The van der Waals surface area contributed by atoms with Crippen LogP contribution in [0.5, 0.6) is 0 Å². The van der Waals surface area contributed by atoms with Crippen molar-refractivity contribution in [2.75, 3.05) is 42.9 Å². The molecule has 2 aromatic rings. The van der Waals surface area contributed by atoms with E-state index in [1.54, 1.807) is 0 Å². The lowest BCUT2D eigenvalue weighted by atomic mass is 10.1. The average Bonchev–Trinajstić information content (AvgIpc) is 2.63. The van der Waals surface area contributed by atoms with Gasteiger partial charge in [-0.15, -0.1) is 0 Å².